The van der Waals surface area contributed by atoms with Crippen molar-refractivity contribution in [2.45, 2.75) is 25.9 Å². The van der Waals surface area contributed by atoms with E-state index >= 15 is 0 Å². The second-order valence-corrected chi connectivity index (χ2v) is 6.37. The average molecular weight is 334 g/mol. The summed E-state index contributed by atoms with van der Waals surface area (Å²) in [4.78, 5) is 6.14. The Balaban J connectivity index is 2.23. The van der Waals surface area contributed by atoms with Gasteiger partial charge in [0, 0.05) is 24.7 Å². The Hall–Kier alpha value is -1.90. The van der Waals surface area contributed by atoms with Crippen molar-refractivity contribution in [1.29, 1.82) is 5.26 Å². The molecule has 1 fully saturated rings. The SMILES string of the molecule is CCC1(C)CN(c2c(C#N)cnc3c(F)ccc(Cl)c23)CCO1. The molecule has 3 rings (SSSR count). The van der Waals surface area contributed by atoms with Gasteiger partial charge in [-0.25, -0.2) is 4.39 Å². The maximum Gasteiger partial charge on any atom is 0.149 e. The number of morpholine rings is 1. The fourth-order valence-corrected chi connectivity index (χ4v) is 3.21. The zero-order valence-corrected chi connectivity index (χ0v) is 13.8. The van der Waals surface area contributed by atoms with Gasteiger partial charge in [-0.2, -0.15) is 5.26 Å². The minimum absolute atomic E-state index is 0.191. The number of pyridine rings is 1. The predicted octanol–water partition coefficient (Wildman–Crippen LogP) is 3.90. The summed E-state index contributed by atoms with van der Waals surface area (Å²) >= 11 is 6.31. The normalized spacial score (nSPS) is 21.4. The molecule has 6 heteroatoms. The van der Waals surface area contributed by atoms with Crippen molar-refractivity contribution in [3.05, 3.63) is 34.7 Å². The van der Waals surface area contributed by atoms with E-state index in [9.17, 15) is 9.65 Å². The van der Waals surface area contributed by atoms with Crippen LogP contribution in [0.25, 0.3) is 10.9 Å². The van der Waals surface area contributed by atoms with Crippen molar-refractivity contribution in [3.63, 3.8) is 0 Å². The molecule has 4 nitrogen and oxygen atoms in total. The lowest BCUT2D eigenvalue weighted by molar-refractivity contribution is -0.0440. The molecule has 1 atom stereocenters. The highest BCUT2D eigenvalue weighted by Crippen LogP contribution is 2.37. The summed E-state index contributed by atoms with van der Waals surface area (Å²) in [6, 6.07) is 4.95. The highest BCUT2D eigenvalue weighted by Gasteiger charge is 2.32. The van der Waals surface area contributed by atoms with Crippen molar-refractivity contribution in [2.75, 3.05) is 24.6 Å². The van der Waals surface area contributed by atoms with Crippen LogP contribution in [0.1, 0.15) is 25.8 Å². The van der Waals surface area contributed by atoms with Crippen LogP contribution in [0.3, 0.4) is 0 Å². The van der Waals surface area contributed by atoms with E-state index in [-0.39, 0.29) is 11.1 Å². The second-order valence-electron chi connectivity index (χ2n) is 5.96. The third kappa shape index (κ3) is 2.73. The van der Waals surface area contributed by atoms with Crippen molar-refractivity contribution >= 4 is 28.2 Å². The van der Waals surface area contributed by atoms with Gasteiger partial charge in [0.05, 0.1) is 28.5 Å². The van der Waals surface area contributed by atoms with Crippen LogP contribution < -0.4 is 4.90 Å². The monoisotopic (exact) mass is 333 g/mol. The lowest BCUT2D eigenvalue weighted by Gasteiger charge is -2.41. The second kappa shape index (κ2) is 5.95. The number of hydrogen-bond donors (Lipinski definition) is 0. The van der Waals surface area contributed by atoms with E-state index in [2.05, 4.69) is 22.9 Å². The molecule has 1 aromatic carbocycles. The summed E-state index contributed by atoms with van der Waals surface area (Å²) < 4.78 is 20.0. The van der Waals surface area contributed by atoms with Crippen molar-refractivity contribution in [1.82, 2.24) is 4.98 Å². The van der Waals surface area contributed by atoms with Gasteiger partial charge in [0.25, 0.3) is 0 Å². The fraction of sp³-hybridized carbons (Fsp3) is 0.412. The van der Waals surface area contributed by atoms with Gasteiger partial charge in [-0.1, -0.05) is 18.5 Å². The van der Waals surface area contributed by atoms with Gasteiger partial charge in [-0.05, 0) is 25.5 Å². The van der Waals surface area contributed by atoms with E-state index in [1.54, 1.807) is 0 Å². The summed E-state index contributed by atoms with van der Waals surface area (Å²) in [5.41, 5.74) is 0.923. The van der Waals surface area contributed by atoms with Gasteiger partial charge in [-0.3, -0.25) is 4.98 Å². The van der Waals surface area contributed by atoms with Crippen LogP contribution in [0.5, 0.6) is 0 Å². The zero-order valence-electron chi connectivity index (χ0n) is 13.1. The number of benzene rings is 1. The zero-order chi connectivity index (χ0) is 16.6. The molecule has 0 aliphatic carbocycles. The molecule has 0 radical (unpaired) electrons. The predicted molar refractivity (Wildman–Crippen MR) is 88.3 cm³/mol. The first-order valence-corrected chi connectivity index (χ1v) is 7.92. The minimum atomic E-state index is -0.443. The summed E-state index contributed by atoms with van der Waals surface area (Å²) in [7, 11) is 0. The topological polar surface area (TPSA) is 49.2 Å². The molecule has 120 valence electrons. The Morgan fingerprint density at radius 2 is 2.30 bits per heavy atom. The van der Waals surface area contributed by atoms with Crippen LogP contribution in [0, 0.1) is 17.1 Å². The van der Waals surface area contributed by atoms with Gasteiger partial charge >= 0.3 is 0 Å². The van der Waals surface area contributed by atoms with Crippen LogP contribution in [0.4, 0.5) is 10.1 Å². The number of nitrogens with zero attached hydrogens (tertiary/aromatic N) is 3. The van der Waals surface area contributed by atoms with Crippen LogP contribution >= 0.6 is 11.6 Å². The highest BCUT2D eigenvalue weighted by molar-refractivity contribution is 6.36. The minimum Gasteiger partial charge on any atom is -0.372 e. The first-order chi connectivity index (χ1) is 11.0. The van der Waals surface area contributed by atoms with Crippen molar-refractivity contribution in [2.24, 2.45) is 0 Å². The summed E-state index contributed by atoms with van der Waals surface area (Å²) in [5.74, 6) is -0.443. The number of aromatic nitrogens is 1. The molecule has 1 saturated heterocycles. The summed E-state index contributed by atoms with van der Waals surface area (Å²) in [5, 5.41) is 10.4. The Bertz CT molecular complexity index is 805. The average Bonchev–Trinajstić information content (AvgIpc) is 2.57. The maximum atomic E-state index is 14.1. The lowest BCUT2D eigenvalue weighted by atomic mass is 9.99. The first kappa shape index (κ1) is 16.0. The Labute approximate surface area is 139 Å². The van der Waals surface area contributed by atoms with E-state index < -0.39 is 5.82 Å². The Morgan fingerprint density at radius 3 is 3.00 bits per heavy atom. The molecular formula is C17H17ClFN3O. The molecule has 1 unspecified atom stereocenters. The van der Waals surface area contributed by atoms with Gasteiger partial charge < -0.3 is 9.64 Å². The molecule has 0 bridgehead atoms. The van der Waals surface area contributed by atoms with E-state index in [0.717, 1.165) is 6.42 Å². The molecule has 23 heavy (non-hydrogen) atoms. The number of hydrogen-bond acceptors (Lipinski definition) is 4. The fourth-order valence-electron chi connectivity index (χ4n) is 2.96. The van der Waals surface area contributed by atoms with E-state index in [0.29, 0.717) is 41.4 Å². The Morgan fingerprint density at radius 1 is 1.52 bits per heavy atom. The number of ether oxygens (including phenoxy) is 1. The smallest absolute Gasteiger partial charge is 0.149 e. The number of halogens is 2. The molecule has 1 aliphatic heterocycles. The third-order valence-corrected chi connectivity index (χ3v) is 4.73. The molecule has 0 N–H and O–H groups in total. The van der Waals surface area contributed by atoms with E-state index in [1.807, 2.05) is 6.92 Å². The molecule has 2 aromatic rings. The van der Waals surface area contributed by atoms with Crippen LogP contribution in [0.2, 0.25) is 5.02 Å². The van der Waals surface area contributed by atoms with E-state index in [4.69, 9.17) is 16.3 Å². The molecule has 0 spiro atoms. The third-order valence-electron chi connectivity index (χ3n) is 4.41. The van der Waals surface area contributed by atoms with Gasteiger partial charge in [-0.15, -0.1) is 0 Å². The van der Waals surface area contributed by atoms with Crippen LogP contribution in [-0.2, 0) is 4.74 Å². The quantitative estimate of drug-likeness (QED) is 0.836. The highest BCUT2D eigenvalue weighted by atomic mass is 35.5. The van der Waals surface area contributed by atoms with Crippen LogP contribution in [-0.4, -0.2) is 30.3 Å². The van der Waals surface area contributed by atoms with Gasteiger partial charge in [0.1, 0.15) is 17.4 Å². The van der Waals surface area contributed by atoms with Crippen molar-refractivity contribution < 1.29 is 9.13 Å². The van der Waals surface area contributed by atoms with E-state index in [1.165, 1.54) is 18.3 Å². The molecule has 0 amide bonds. The summed E-state index contributed by atoms with van der Waals surface area (Å²) in [6.07, 6.45) is 2.26. The van der Waals surface area contributed by atoms with Crippen molar-refractivity contribution in [3.8, 4) is 6.07 Å². The number of anilines is 1. The molecule has 1 aliphatic rings. The Kier molecular flexibility index (Phi) is 4.13. The molecular weight excluding hydrogens is 317 g/mol. The standard InChI is InChI=1S/C17H17ClFN3O/c1-3-17(2)10-22(6-7-23-17)16-11(8-20)9-21-15-13(19)5-4-12(18)14(15)16/h4-5,9H,3,6-7,10H2,1-2H3. The summed E-state index contributed by atoms with van der Waals surface area (Å²) in [6.45, 7) is 5.88. The molecule has 2 heterocycles. The maximum absolute atomic E-state index is 14.1. The number of rotatable bonds is 2. The van der Waals surface area contributed by atoms with Crippen LogP contribution in [0.15, 0.2) is 18.3 Å². The number of nitriles is 1. The molecule has 0 saturated carbocycles. The molecule has 1 aromatic heterocycles. The van der Waals surface area contributed by atoms with Gasteiger partial charge in [0.15, 0.2) is 0 Å². The largest absolute Gasteiger partial charge is 0.372 e. The first-order valence-electron chi connectivity index (χ1n) is 7.55. The van der Waals surface area contributed by atoms with Gasteiger partial charge in [0.2, 0.25) is 0 Å². The lowest BCUT2D eigenvalue weighted by Crippen LogP contribution is -2.50. The number of fused-ring (bicyclic) bond motifs is 1.